The van der Waals surface area contributed by atoms with Gasteiger partial charge in [-0.05, 0) is 26.3 Å². The van der Waals surface area contributed by atoms with E-state index in [9.17, 15) is 8.42 Å². The molecule has 0 aromatic rings. The van der Waals surface area contributed by atoms with Crippen LogP contribution in [0.4, 0.5) is 0 Å². The van der Waals surface area contributed by atoms with Crippen molar-refractivity contribution >= 4 is 10.0 Å². The van der Waals surface area contributed by atoms with Crippen LogP contribution in [0.3, 0.4) is 0 Å². The lowest BCUT2D eigenvalue weighted by Gasteiger charge is -2.25. The van der Waals surface area contributed by atoms with Gasteiger partial charge in [0.25, 0.3) is 0 Å². The average Bonchev–Trinajstić information content (AvgIpc) is 2.87. The Labute approximate surface area is 116 Å². The SMILES string of the molecule is CCOCCS(=O)(=O)N(CCOC)CC1CCCN1. The molecule has 1 unspecified atom stereocenters. The van der Waals surface area contributed by atoms with Crippen LogP contribution >= 0.6 is 0 Å². The van der Waals surface area contributed by atoms with Gasteiger partial charge in [0.2, 0.25) is 10.0 Å². The molecule has 1 aliphatic rings. The summed E-state index contributed by atoms with van der Waals surface area (Å²) in [4.78, 5) is 0. The maximum atomic E-state index is 12.3. The standard InChI is InChI=1S/C12H26N2O4S/c1-3-18-9-10-19(15,16)14(7-8-17-2)11-12-5-4-6-13-12/h12-13H,3-11H2,1-2H3. The molecule has 0 aromatic carbocycles. The van der Waals surface area contributed by atoms with Gasteiger partial charge in [-0.2, -0.15) is 4.31 Å². The van der Waals surface area contributed by atoms with E-state index in [1.54, 1.807) is 7.11 Å². The third-order valence-corrected chi connectivity index (χ3v) is 5.02. The molecule has 1 atom stereocenters. The minimum Gasteiger partial charge on any atom is -0.383 e. The average molecular weight is 294 g/mol. The van der Waals surface area contributed by atoms with E-state index in [0.29, 0.717) is 26.3 Å². The monoisotopic (exact) mass is 294 g/mol. The Balaban J connectivity index is 2.54. The topological polar surface area (TPSA) is 67.9 Å². The summed E-state index contributed by atoms with van der Waals surface area (Å²) < 4.78 is 36.2. The summed E-state index contributed by atoms with van der Waals surface area (Å²) >= 11 is 0. The smallest absolute Gasteiger partial charge is 0.216 e. The molecule has 7 heteroatoms. The number of methoxy groups -OCH3 is 1. The Morgan fingerprint density at radius 1 is 1.37 bits per heavy atom. The van der Waals surface area contributed by atoms with Crippen molar-refractivity contribution < 1.29 is 17.9 Å². The Hall–Kier alpha value is -0.210. The first kappa shape index (κ1) is 16.8. The molecular weight excluding hydrogens is 268 g/mol. The predicted octanol–water partition coefficient (Wildman–Crippen LogP) is 0.0531. The molecule has 0 aromatic heterocycles. The first-order valence-electron chi connectivity index (χ1n) is 6.88. The predicted molar refractivity (Wildman–Crippen MR) is 74.8 cm³/mol. The van der Waals surface area contributed by atoms with Crippen molar-refractivity contribution in [3.8, 4) is 0 Å². The minimum atomic E-state index is -3.27. The second-order valence-electron chi connectivity index (χ2n) is 4.66. The molecule has 0 aliphatic carbocycles. The summed E-state index contributed by atoms with van der Waals surface area (Å²) in [6, 6.07) is 0.263. The fourth-order valence-corrected chi connectivity index (χ4v) is 3.48. The first-order chi connectivity index (χ1) is 9.10. The molecule has 1 N–H and O–H groups in total. The normalized spacial score (nSPS) is 20.3. The van der Waals surface area contributed by atoms with Gasteiger partial charge < -0.3 is 14.8 Å². The number of nitrogens with zero attached hydrogens (tertiary/aromatic N) is 1. The van der Waals surface area contributed by atoms with Gasteiger partial charge in [0.1, 0.15) is 0 Å². The number of hydrogen-bond acceptors (Lipinski definition) is 5. The molecule has 0 bridgehead atoms. The number of rotatable bonds is 10. The summed E-state index contributed by atoms with van der Waals surface area (Å²) in [6.45, 7) is 4.97. The maximum absolute atomic E-state index is 12.3. The van der Waals surface area contributed by atoms with E-state index >= 15 is 0 Å². The van der Waals surface area contributed by atoms with Crippen molar-refractivity contribution in [2.24, 2.45) is 0 Å². The molecule has 1 saturated heterocycles. The van der Waals surface area contributed by atoms with Crippen molar-refractivity contribution in [3.05, 3.63) is 0 Å². The van der Waals surface area contributed by atoms with Crippen molar-refractivity contribution in [1.29, 1.82) is 0 Å². The molecule has 0 amide bonds. The van der Waals surface area contributed by atoms with E-state index in [4.69, 9.17) is 9.47 Å². The summed E-state index contributed by atoms with van der Waals surface area (Å²) in [7, 11) is -1.68. The molecule has 1 heterocycles. The Morgan fingerprint density at radius 2 is 2.16 bits per heavy atom. The van der Waals surface area contributed by atoms with Crippen LogP contribution in [-0.2, 0) is 19.5 Å². The zero-order valence-corrected chi connectivity index (χ0v) is 12.7. The van der Waals surface area contributed by atoms with Crippen molar-refractivity contribution in [3.63, 3.8) is 0 Å². The highest BCUT2D eigenvalue weighted by molar-refractivity contribution is 7.89. The third-order valence-electron chi connectivity index (χ3n) is 3.21. The lowest BCUT2D eigenvalue weighted by Crippen LogP contribution is -2.44. The van der Waals surface area contributed by atoms with Gasteiger partial charge >= 0.3 is 0 Å². The van der Waals surface area contributed by atoms with Crippen LogP contribution in [0.5, 0.6) is 0 Å². The van der Waals surface area contributed by atoms with Gasteiger partial charge in [0, 0.05) is 32.8 Å². The van der Waals surface area contributed by atoms with Crippen LogP contribution < -0.4 is 5.32 Å². The highest BCUT2D eigenvalue weighted by atomic mass is 32.2. The lowest BCUT2D eigenvalue weighted by atomic mass is 10.2. The maximum Gasteiger partial charge on any atom is 0.216 e. The molecule has 0 radical (unpaired) electrons. The lowest BCUT2D eigenvalue weighted by molar-refractivity contribution is 0.159. The Morgan fingerprint density at radius 3 is 2.74 bits per heavy atom. The van der Waals surface area contributed by atoms with Crippen molar-refractivity contribution in [2.75, 3.05) is 52.3 Å². The molecule has 1 fully saturated rings. The summed E-state index contributed by atoms with van der Waals surface area (Å²) in [6.07, 6.45) is 2.15. The summed E-state index contributed by atoms with van der Waals surface area (Å²) in [5.41, 5.74) is 0. The van der Waals surface area contributed by atoms with Crippen molar-refractivity contribution in [1.82, 2.24) is 9.62 Å². The van der Waals surface area contributed by atoms with E-state index in [0.717, 1.165) is 19.4 Å². The Kier molecular flexibility index (Phi) is 7.86. The van der Waals surface area contributed by atoms with Gasteiger partial charge in [0.15, 0.2) is 0 Å². The van der Waals surface area contributed by atoms with Gasteiger partial charge in [0.05, 0.1) is 19.0 Å². The second-order valence-corrected chi connectivity index (χ2v) is 6.75. The van der Waals surface area contributed by atoms with Gasteiger partial charge in [-0.1, -0.05) is 0 Å². The molecular formula is C12H26N2O4S. The molecule has 1 aliphatic heterocycles. The fraction of sp³-hybridized carbons (Fsp3) is 1.00. The molecule has 114 valence electrons. The largest absolute Gasteiger partial charge is 0.383 e. The zero-order chi connectivity index (χ0) is 14.1. The fourth-order valence-electron chi connectivity index (χ4n) is 2.13. The van der Waals surface area contributed by atoms with Crippen LogP contribution in [0.25, 0.3) is 0 Å². The number of nitrogens with one attached hydrogen (secondary N) is 1. The highest BCUT2D eigenvalue weighted by Crippen LogP contribution is 2.10. The molecule has 1 rings (SSSR count). The summed E-state index contributed by atoms with van der Waals surface area (Å²) in [5.74, 6) is 0.0390. The number of sulfonamides is 1. The first-order valence-corrected chi connectivity index (χ1v) is 8.49. The van der Waals surface area contributed by atoms with Crippen LogP contribution in [0.2, 0.25) is 0 Å². The van der Waals surface area contributed by atoms with Crippen LogP contribution in [-0.4, -0.2) is 71.1 Å². The van der Waals surface area contributed by atoms with Crippen LogP contribution in [0.15, 0.2) is 0 Å². The Bertz CT molecular complexity index is 329. The number of ether oxygens (including phenoxy) is 2. The molecule has 0 saturated carbocycles. The van der Waals surface area contributed by atoms with E-state index in [-0.39, 0.29) is 18.4 Å². The van der Waals surface area contributed by atoms with Crippen molar-refractivity contribution in [2.45, 2.75) is 25.8 Å². The van der Waals surface area contributed by atoms with E-state index in [2.05, 4.69) is 5.32 Å². The van der Waals surface area contributed by atoms with Crippen LogP contribution in [0, 0.1) is 0 Å². The van der Waals surface area contributed by atoms with Crippen LogP contribution in [0.1, 0.15) is 19.8 Å². The molecule has 6 nitrogen and oxygen atoms in total. The van der Waals surface area contributed by atoms with E-state index < -0.39 is 10.0 Å². The minimum absolute atomic E-state index is 0.0390. The van der Waals surface area contributed by atoms with Gasteiger partial charge in [-0.3, -0.25) is 0 Å². The zero-order valence-electron chi connectivity index (χ0n) is 11.9. The highest BCUT2D eigenvalue weighted by Gasteiger charge is 2.26. The second kappa shape index (κ2) is 8.86. The quantitative estimate of drug-likeness (QED) is 0.577. The van der Waals surface area contributed by atoms with E-state index in [1.807, 2.05) is 6.92 Å². The summed E-state index contributed by atoms with van der Waals surface area (Å²) in [5, 5.41) is 3.32. The molecule has 0 spiro atoms. The third kappa shape index (κ3) is 6.18. The number of hydrogen-bond donors (Lipinski definition) is 1. The van der Waals surface area contributed by atoms with Gasteiger partial charge in [-0.25, -0.2) is 8.42 Å². The van der Waals surface area contributed by atoms with Gasteiger partial charge in [-0.15, -0.1) is 0 Å². The van der Waals surface area contributed by atoms with E-state index in [1.165, 1.54) is 4.31 Å². The molecule has 19 heavy (non-hydrogen) atoms.